The molecular weight excluding hydrogens is 736 g/mol. The number of methoxy groups -OCH3 is 1. The van der Waals surface area contributed by atoms with Gasteiger partial charge in [-0.25, -0.2) is 9.59 Å². The highest BCUT2D eigenvalue weighted by atomic mass is 79.9. The summed E-state index contributed by atoms with van der Waals surface area (Å²) < 4.78 is 23.9. The van der Waals surface area contributed by atoms with E-state index < -0.39 is 24.3 Å². The Morgan fingerprint density at radius 1 is 1.09 bits per heavy atom. The van der Waals surface area contributed by atoms with E-state index in [1.165, 1.54) is 7.11 Å². The van der Waals surface area contributed by atoms with Crippen LogP contribution in [0.3, 0.4) is 0 Å². The quantitative estimate of drug-likeness (QED) is 0.0724. The molecule has 3 aromatic rings. The van der Waals surface area contributed by atoms with Gasteiger partial charge in [0.05, 0.1) is 40.5 Å². The van der Waals surface area contributed by atoms with Gasteiger partial charge in [-0.05, 0) is 98.8 Å². The van der Waals surface area contributed by atoms with Crippen LogP contribution < -0.4 is 30.3 Å². The summed E-state index contributed by atoms with van der Waals surface area (Å²) in [6.45, 7) is 3.98. The number of rotatable bonds is 13. The topological polar surface area (TPSA) is 140 Å². The molecule has 0 saturated heterocycles. The van der Waals surface area contributed by atoms with Gasteiger partial charge in [-0.15, -0.1) is 0 Å². The molecule has 0 spiro atoms. The summed E-state index contributed by atoms with van der Waals surface area (Å²) in [4.78, 5) is 24.6. The lowest BCUT2D eigenvalue weighted by molar-refractivity contribution is -0.136. The highest BCUT2D eigenvalue weighted by Crippen LogP contribution is 2.36. The number of benzene rings is 3. The molecule has 1 aliphatic rings. The summed E-state index contributed by atoms with van der Waals surface area (Å²) in [5.41, 5.74) is 5.59. The number of allylic oxidation sites excluding steroid dienone is 1. The van der Waals surface area contributed by atoms with Crippen molar-refractivity contribution in [1.29, 1.82) is 0 Å². The van der Waals surface area contributed by atoms with Gasteiger partial charge >= 0.3 is 12.0 Å². The van der Waals surface area contributed by atoms with Crippen molar-refractivity contribution in [2.24, 2.45) is 5.10 Å². The Kier molecular flexibility index (Phi) is 12.1. The van der Waals surface area contributed by atoms with E-state index in [1.807, 2.05) is 43.3 Å². The second-order valence-corrected chi connectivity index (χ2v) is 11.8. The van der Waals surface area contributed by atoms with Crippen LogP contribution in [0.2, 0.25) is 5.02 Å². The van der Waals surface area contributed by atoms with Gasteiger partial charge in [0, 0.05) is 10.7 Å². The first-order valence-corrected chi connectivity index (χ1v) is 15.6. The predicted octanol–water partition coefficient (Wildman–Crippen LogP) is 5.96. The Morgan fingerprint density at radius 2 is 1.80 bits per heavy atom. The van der Waals surface area contributed by atoms with Crippen LogP contribution in [0, 0.1) is 0 Å². The smallest absolute Gasteiger partial charge is 0.337 e. The molecule has 14 heteroatoms. The number of hydrogen-bond acceptors (Lipinski definition) is 9. The van der Waals surface area contributed by atoms with E-state index in [-0.39, 0.29) is 12.2 Å². The molecule has 1 heterocycles. The zero-order chi connectivity index (χ0) is 32.5. The van der Waals surface area contributed by atoms with Crippen molar-refractivity contribution in [3.63, 3.8) is 0 Å². The number of urea groups is 1. The molecule has 45 heavy (non-hydrogen) atoms. The lowest BCUT2D eigenvalue weighted by Gasteiger charge is -2.28. The number of hydrazone groups is 1. The van der Waals surface area contributed by atoms with Crippen LogP contribution in [-0.2, 0) is 16.1 Å². The van der Waals surface area contributed by atoms with Crippen LogP contribution >= 0.6 is 43.5 Å². The van der Waals surface area contributed by atoms with E-state index in [9.17, 15) is 14.7 Å². The molecular formula is C31H31Br2ClN4O7. The number of hydrogen-bond donors (Lipinski definition) is 4. The maximum absolute atomic E-state index is 12.4. The van der Waals surface area contributed by atoms with E-state index in [4.69, 9.17) is 30.5 Å². The Hall–Kier alpha value is -3.78. The fourth-order valence-electron chi connectivity index (χ4n) is 4.35. The molecule has 2 amide bonds. The van der Waals surface area contributed by atoms with Gasteiger partial charge in [-0.2, -0.15) is 5.10 Å². The molecule has 0 aromatic heterocycles. The van der Waals surface area contributed by atoms with Crippen molar-refractivity contribution in [2.45, 2.75) is 32.7 Å². The Morgan fingerprint density at radius 3 is 2.47 bits per heavy atom. The number of amides is 2. The summed E-state index contributed by atoms with van der Waals surface area (Å²) in [6.07, 6.45) is 0.397. The van der Waals surface area contributed by atoms with Gasteiger partial charge in [-0.1, -0.05) is 29.8 Å². The molecule has 11 nitrogen and oxygen atoms in total. The molecule has 0 fully saturated rings. The Bertz CT molecular complexity index is 1580. The van der Waals surface area contributed by atoms with Gasteiger partial charge in [0.1, 0.15) is 19.0 Å². The number of aliphatic hydroxyl groups is 1. The van der Waals surface area contributed by atoms with E-state index in [1.54, 1.807) is 31.3 Å². The Balaban J connectivity index is 1.37. The van der Waals surface area contributed by atoms with Crippen molar-refractivity contribution >= 4 is 61.7 Å². The first kappa shape index (κ1) is 34.1. The number of ether oxygens (including phenoxy) is 4. The average Bonchev–Trinajstić information content (AvgIpc) is 3.00. The Labute approximate surface area is 282 Å². The highest BCUT2D eigenvalue weighted by Gasteiger charge is 2.32. The zero-order valence-electron chi connectivity index (χ0n) is 24.5. The van der Waals surface area contributed by atoms with E-state index in [0.29, 0.717) is 46.7 Å². The fourth-order valence-corrected chi connectivity index (χ4v) is 5.92. The molecule has 0 saturated carbocycles. The summed E-state index contributed by atoms with van der Waals surface area (Å²) in [7, 11) is 1.27. The first-order chi connectivity index (χ1) is 21.6. The third kappa shape index (κ3) is 9.13. The number of nitrogens with one attached hydrogen (secondary N) is 3. The van der Waals surface area contributed by atoms with Crippen LogP contribution in [0.15, 0.2) is 79.9 Å². The third-order valence-corrected chi connectivity index (χ3v) is 7.86. The van der Waals surface area contributed by atoms with Gasteiger partial charge < -0.3 is 34.7 Å². The molecule has 2 atom stereocenters. The second kappa shape index (κ2) is 16.0. The van der Waals surface area contributed by atoms with Gasteiger partial charge in [-0.3, -0.25) is 5.43 Å². The minimum Gasteiger partial charge on any atom is -0.490 e. The fraction of sp³-hybridized carbons (Fsp3) is 0.258. The van der Waals surface area contributed by atoms with E-state index in [0.717, 1.165) is 20.1 Å². The monoisotopic (exact) mass is 764 g/mol. The standard InChI is InChI=1S/C31H31Br2ClN4O7/c1-4-43-25-13-20(28-27(30(40)42-3)17(2)36-31(41)37-28)7-10-24(25)44-16-26(39)38-35-14-19-11-22(32)29(23(33)12-19)45-15-18-5-8-21(34)9-6-18/h5-14,26,28,38-39H,4,15-16H2,1-3H3,(H2,36,37,41)/b35-14-/t26-,28-/m1/s1. The lowest BCUT2D eigenvalue weighted by atomic mass is 9.95. The lowest BCUT2D eigenvalue weighted by Crippen LogP contribution is -2.45. The molecule has 4 rings (SSSR count). The minimum atomic E-state index is -1.15. The van der Waals surface area contributed by atoms with E-state index >= 15 is 0 Å². The van der Waals surface area contributed by atoms with Crippen molar-refractivity contribution in [3.8, 4) is 17.2 Å². The highest BCUT2D eigenvalue weighted by molar-refractivity contribution is 9.11. The average molecular weight is 767 g/mol. The zero-order valence-corrected chi connectivity index (χ0v) is 28.5. The number of halogens is 3. The molecule has 0 bridgehead atoms. The van der Waals surface area contributed by atoms with Gasteiger partial charge in [0.25, 0.3) is 0 Å². The second-order valence-electron chi connectivity index (χ2n) is 9.64. The maximum atomic E-state index is 12.4. The maximum Gasteiger partial charge on any atom is 0.337 e. The molecule has 0 unspecified atom stereocenters. The summed E-state index contributed by atoms with van der Waals surface area (Å²) >= 11 is 13.0. The number of nitrogens with zero attached hydrogens (tertiary/aromatic N) is 1. The molecule has 0 aliphatic carbocycles. The number of aliphatic hydroxyl groups excluding tert-OH is 1. The molecule has 3 aromatic carbocycles. The molecule has 238 valence electrons. The molecule has 1 aliphatic heterocycles. The van der Waals surface area contributed by atoms with Crippen molar-refractivity contribution in [3.05, 3.63) is 96.5 Å². The van der Waals surface area contributed by atoms with Crippen molar-refractivity contribution < 1.29 is 33.6 Å². The molecule has 0 radical (unpaired) electrons. The van der Waals surface area contributed by atoms with Crippen LogP contribution in [0.25, 0.3) is 0 Å². The first-order valence-electron chi connectivity index (χ1n) is 13.7. The van der Waals surface area contributed by atoms with Crippen LogP contribution in [0.4, 0.5) is 4.79 Å². The van der Waals surface area contributed by atoms with E-state index in [2.05, 4.69) is 53.0 Å². The summed E-state index contributed by atoms with van der Waals surface area (Å²) in [5.74, 6) is 0.785. The minimum absolute atomic E-state index is 0.155. The third-order valence-electron chi connectivity index (χ3n) is 6.43. The van der Waals surface area contributed by atoms with Crippen LogP contribution in [0.1, 0.15) is 36.6 Å². The SMILES string of the molecule is CCOc1cc([C@H]2NC(=O)NC(C)=C2C(=O)OC)ccc1OC[C@@H](O)N/N=C\c1cc(Br)c(OCc2ccc(Cl)cc2)c(Br)c1. The largest absolute Gasteiger partial charge is 0.490 e. The van der Waals surface area contributed by atoms with Crippen LogP contribution in [-0.4, -0.2) is 49.9 Å². The number of carbonyl (C=O) groups excluding carboxylic acids is 2. The normalized spacial score (nSPS) is 15.3. The van der Waals surface area contributed by atoms with Crippen molar-refractivity contribution in [1.82, 2.24) is 16.1 Å². The molecule has 4 N–H and O–H groups in total. The van der Waals surface area contributed by atoms with Crippen molar-refractivity contribution in [2.75, 3.05) is 20.3 Å². The number of carbonyl (C=O) groups is 2. The summed E-state index contributed by atoms with van der Waals surface area (Å²) in [5, 5.41) is 20.6. The number of esters is 1. The van der Waals surface area contributed by atoms with Gasteiger partial charge in [0.15, 0.2) is 17.7 Å². The van der Waals surface area contributed by atoms with Gasteiger partial charge in [0.2, 0.25) is 0 Å². The van der Waals surface area contributed by atoms with Crippen LogP contribution in [0.5, 0.6) is 17.2 Å². The predicted molar refractivity (Wildman–Crippen MR) is 177 cm³/mol. The summed E-state index contributed by atoms with van der Waals surface area (Å²) in [6, 6.07) is 14.9.